The lowest BCUT2D eigenvalue weighted by Gasteiger charge is -2.11. The van der Waals surface area contributed by atoms with Crippen LogP contribution in [0.3, 0.4) is 0 Å². The van der Waals surface area contributed by atoms with Gasteiger partial charge in [-0.25, -0.2) is 0 Å². The zero-order valence-electron chi connectivity index (χ0n) is 15.5. The van der Waals surface area contributed by atoms with Crippen LogP contribution in [-0.2, 0) is 10.1 Å². The molecule has 3 aromatic rings. The van der Waals surface area contributed by atoms with Crippen LogP contribution in [-0.4, -0.2) is 14.6 Å². The van der Waals surface area contributed by atoms with Crippen molar-refractivity contribution in [3.63, 3.8) is 0 Å². The predicted octanol–water partition coefficient (Wildman–Crippen LogP) is 7.00. The number of rotatable bonds is 5. The van der Waals surface area contributed by atoms with Crippen molar-refractivity contribution in [1.82, 2.24) is 0 Å². The molecule has 0 aromatic heterocycles. The van der Waals surface area contributed by atoms with Gasteiger partial charge in [-0.05, 0) is 93.2 Å². The van der Waals surface area contributed by atoms with E-state index in [1.807, 2.05) is 26.0 Å². The average Bonchev–Trinajstić information content (AvgIpc) is 2.66. The minimum absolute atomic E-state index is 0.0870. The highest BCUT2D eigenvalue weighted by atomic mass is 79.9. The highest BCUT2D eigenvalue weighted by Crippen LogP contribution is 2.36. The van der Waals surface area contributed by atoms with E-state index >= 15 is 0 Å². The molecule has 0 saturated carbocycles. The molecular formula is C21H16Br2ClNO3S. The number of hydrogen-bond donors (Lipinski definition) is 0. The summed E-state index contributed by atoms with van der Waals surface area (Å²) in [6, 6.07) is 15.4. The third-order valence-electron chi connectivity index (χ3n) is 4.05. The summed E-state index contributed by atoms with van der Waals surface area (Å²) >= 11 is 12.8. The van der Waals surface area contributed by atoms with E-state index < -0.39 is 10.1 Å². The van der Waals surface area contributed by atoms with Crippen molar-refractivity contribution in [2.45, 2.75) is 18.7 Å². The summed E-state index contributed by atoms with van der Waals surface area (Å²) in [6.07, 6.45) is 1.67. The highest BCUT2D eigenvalue weighted by molar-refractivity contribution is 9.11. The van der Waals surface area contributed by atoms with Crippen LogP contribution < -0.4 is 4.18 Å². The van der Waals surface area contributed by atoms with Gasteiger partial charge in [0.2, 0.25) is 0 Å². The van der Waals surface area contributed by atoms with E-state index in [0.717, 1.165) is 22.4 Å². The minimum Gasteiger partial charge on any atom is -0.377 e. The van der Waals surface area contributed by atoms with Crippen LogP contribution in [0.5, 0.6) is 5.75 Å². The molecule has 0 unspecified atom stereocenters. The molecular weight excluding hydrogens is 542 g/mol. The molecule has 3 aromatic carbocycles. The average molecular weight is 558 g/mol. The fraction of sp³-hybridized carbons (Fsp3) is 0.0952. The van der Waals surface area contributed by atoms with Crippen molar-refractivity contribution in [2.75, 3.05) is 0 Å². The van der Waals surface area contributed by atoms with Gasteiger partial charge in [0.1, 0.15) is 4.90 Å². The van der Waals surface area contributed by atoms with E-state index in [4.69, 9.17) is 15.8 Å². The van der Waals surface area contributed by atoms with Gasteiger partial charge in [0.15, 0.2) is 5.75 Å². The maximum absolute atomic E-state index is 12.6. The summed E-state index contributed by atoms with van der Waals surface area (Å²) in [5.41, 5.74) is 3.47. The molecule has 0 saturated heterocycles. The third kappa shape index (κ3) is 5.48. The van der Waals surface area contributed by atoms with Crippen molar-refractivity contribution in [2.24, 2.45) is 4.99 Å². The van der Waals surface area contributed by atoms with Gasteiger partial charge in [0, 0.05) is 11.2 Å². The standard InChI is InChI=1S/C21H16Br2ClNO3S/c1-13-3-7-17(8-4-13)29(26,27)28-21-18(22)9-15(10-19(21)23)12-25-20-11-16(24)6-5-14(20)2/h3-12H,1-2H3. The molecule has 0 fully saturated rings. The van der Waals surface area contributed by atoms with Crippen molar-refractivity contribution in [3.05, 3.63) is 85.3 Å². The molecule has 8 heteroatoms. The summed E-state index contributed by atoms with van der Waals surface area (Å²) in [6.45, 7) is 3.83. The molecule has 3 rings (SSSR count). The first-order valence-electron chi connectivity index (χ1n) is 8.46. The Labute approximate surface area is 192 Å². The van der Waals surface area contributed by atoms with Gasteiger partial charge in [-0.2, -0.15) is 8.42 Å². The summed E-state index contributed by atoms with van der Waals surface area (Å²) < 4.78 is 31.5. The summed E-state index contributed by atoms with van der Waals surface area (Å²) in [7, 11) is -3.96. The van der Waals surface area contributed by atoms with Crippen LogP contribution in [0.4, 0.5) is 5.69 Å². The van der Waals surface area contributed by atoms with Crippen LogP contribution in [0.1, 0.15) is 16.7 Å². The van der Waals surface area contributed by atoms with Gasteiger partial charge in [-0.1, -0.05) is 35.4 Å². The SMILES string of the molecule is Cc1ccc(S(=O)(=O)Oc2c(Br)cc(C=Nc3cc(Cl)ccc3C)cc2Br)cc1. The molecule has 0 amide bonds. The second-order valence-electron chi connectivity index (χ2n) is 6.35. The maximum atomic E-state index is 12.6. The van der Waals surface area contributed by atoms with E-state index in [2.05, 4.69) is 36.9 Å². The first-order chi connectivity index (χ1) is 13.7. The molecule has 29 heavy (non-hydrogen) atoms. The Morgan fingerprint density at radius 2 is 1.59 bits per heavy atom. The van der Waals surface area contributed by atoms with Gasteiger partial charge in [0.05, 0.1) is 14.6 Å². The molecule has 0 atom stereocenters. The quantitative estimate of drug-likeness (QED) is 0.251. The number of hydrogen-bond acceptors (Lipinski definition) is 4. The first kappa shape index (κ1) is 22.0. The number of aliphatic imine (C=N–C) groups is 1. The van der Waals surface area contributed by atoms with Crippen LogP contribution in [0, 0.1) is 13.8 Å². The number of halogens is 3. The molecule has 0 aliphatic carbocycles. The lowest BCUT2D eigenvalue weighted by atomic mass is 10.2. The van der Waals surface area contributed by atoms with Crippen molar-refractivity contribution in [1.29, 1.82) is 0 Å². The largest absolute Gasteiger partial charge is 0.377 e. The summed E-state index contributed by atoms with van der Waals surface area (Å²) in [5.74, 6) is 0.168. The maximum Gasteiger partial charge on any atom is 0.339 e. The van der Waals surface area contributed by atoms with Crippen molar-refractivity contribution >= 4 is 65.5 Å². The Morgan fingerprint density at radius 1 is 0.966 bits per heavy atom. The van der Waals surface area contributed by atoms with Crippen LogP contribution in [0.2, 0.25) is 5.02 Å². The number of nitrogens with zero attached hydrogens (tertiary/aromatic N) is 1. The van der Waals surface area contributed by atoms with E-state index in [9.17, 15) is 8.42 Å². The van der Waals surface area contributed by atoms with E-state index in [1.165, 1.54) is 12.1 Å². The second kappa shape index (κ2) is 9.00. The summed E-state index contributed by atoms with van der Waals surface area (Å²) in [5, 5.41) is 0.607. The van der Waals surface area contributed by atoms with Gasteiger partial charge < -0.3 is 4.18 Å². The molecule has 150 valence electrons. The summed E-state index contributed by atoms with van der Waals surface area (Å²) in [4.78, 5) is 4.56. The minimum atomic E-state index is -3.96. The van der Waals surface area contributed by atoms with Crippen LogP contribution >= 0.6 is 43.5 Å². The van der Waals surface area contributed by atoms with E-state index in [0.29, 0.717) is 14.0 Å². The highest BCUT2D eigenvalue weighted by Gasteiger charge is 2.20. The Balaban J connectivity index is 1.88. The zero-order valence-corrected chi connectivity index (χ0v) is 20.2. The fourth-order valence-electron chi connectivity index (χ4n) is 2.46. The van der Waals surface area contributed by atoms with E-state index in [-0.39, 0.29) is 10.6 Å². The van der Waals surface area contributed by atoms with Gasteiger partial charge in [-0.15, -0.1) is 0 Å². The molecule has 0 aliphatic rings. The second-order valence-corrected chi connectivity index (χ2v) is 10.0. The molecule has 0 radical (unpaired) electrons. The number of benzene rings is 3. The lowest BCUT2D eigenvalue weighted by molar-refractivity contribution is 0.483. The third-order valence-corrected chi connectivity index (χ3v) is 6.70. The monoisotopic (exact) mass is 555 g/mol. The molecule has 0 spiro atoms. The van der Waals surface area contributed by atoms with Gasteiger partial charge in [-0.3, -0.25) is 4.99 Å². The van der Waals surface area contributed by atoms with Crippen molar-refractivity contribution in [3.8, 4) is 5.75 Å². The van der Waals surface area contributed by atoms with Crippen LogP contribution in [0.15, 0.2) is 73.4 Å². The van der Waals surface area contributed by atoms with Gasteiger partial charge >= 0.3 is 10.1 Å². The Morgan fingerprint density at radius 3 is 2.21 bits per heavy atom. The van der Waals surface area contributed by atoms with Gasteiger partial charge in [0.25, 0.3) is 0 Å². The Kier molecular flexibility index (Phi) is 6.83. The van der Waals surface area contributed by atoms with E-state index in [1.54, 1.807) is 36.5 Å². The predicted molar refractivity (Wildman–Crippen MR) is 124 cm³/mol. The van der Waals surface area contributed by atoms with Crippen LogP contribution in [0.25, 0.3) is 0 Å². The normalized spacial score (nSPS) is 11.8. The smallest absolute Gasteiger partial charge is 0.339 e. The molecule has 0 N–H and O–H groups in total. The number of aryl methyl sites for hydroxylation is 2. The molecule has 0 aliphatic heterocycles. The lowest BCUT2D eigenvalue weighted by Crippen LogP contribution is -2.10. The zero-order chi connectivity index (χ0) is 21.2. The Hall–Kier alpha value is -1.67. The van der Waals surface area contributed by atoms with Crippen molar-refractivity contribution < 1.29 is 12.6 Å². The first-order valence-corrected chi connectivity index (χ1v) is 11.8. The Bertz CT molecular complexity index is 1170. The molecule has 4 nitrogen and oxygen atoms in total. The fourth-order valence-corrected chi connectivity index (χ4v) is 5.19. The molecule has 0 heterocycles. The topological polar surface area (TPSA) is 55.7 Å². The molecule has 0 bridgehead atoms.